The summed E-state index contributed by atoms with van der Waals surface area (Å²) < 4.78 is 1.98. The minimum absolute atomic E-state index is 0.0689. The molecule has 21 heavy (non-hydrogen) atoms. The molecular weight excluding hydrogens is 264 g/mol. The average molecular weight is 288 g/mol. The molecule has 2 aliphatic rings. The van der Waals surface area contributed by atoms with E-state index in [-0.39, 0.29) is 5.56 Å². The van der Waals surface area contributed by atoms with E-state index >= 15 is 0 Å². The van der Waals surface area contributed by atoms with Gasteiger partial charge >= 0.3 is 0 Å². The Morgan fingerprint density at radius 1 is 1.29 bits per heavy atom. The quantitative estimate of drug-likeness (QED) is 0.803. The number of carbonyl (C=O) groups excluding carboxylic acids is 1. The van der Waals surface area contributed by atoms with Gasteiger partial charge in [-0.2, -0.15) is 0 Å². The van der Waals surface area contributed by atoms with Gasteiger partial charge < -0.3 is 4.57 Å². The summed E-state index contributed by atoms with van der Waals surface area (Å²) in [5, 5.41) is 0. The van der Waals surface area contributed by atoms with E-state index in [0.29, 0.717) is 11.6 Å². The molecule has 1 aliphatic carbocycles. The molecule has 1 aliphatic heterocycles. The van der Waals surface area contributed by atoms with E-state index in [2.05, 4.69) is 11.8 Å². The Morgan fingerprint density at radius 3 is 2.71 bits per heavy atom. The van der Waals surface area contributed by atoms with Crippen LogP contribution >= 0.6 is 0 Å². The lowest BCUT2D eigenvalue weighted by molar-refractivity contribution is 0.112. The lowest BCUT2D eigenvalue weighted by Crippen LogP contribution is -2.38. The minimum Gasteiger partial charge on any atom is -0.309 e. The van der Waals surface area contributed by atoms with E-state index in [1.54, 1.807) is 0 Å². The van der Waals surface area contributed by atoms with Crippen molar-refractivity contribution in [1.29, 1.82) is 0 Å². The van der Waals surface area contributed by atoms with Gasteiger partial charge in [0.2, 0.25) is 0 Å². The molecule has 0 atom stereocenters. The maximum Gasteiger partial charge on any atom is 0.261 e. The predicted octanol–water partition coefficient (Wildman–Crippen LogP) is 2.54. The number of hydrogen-bond acceptors (Lipinski definition) is 3. The van der Waals surface area contributed by atoms with Gasteiger partial charge in [-0.25, -0.2) is 0 Å². The molecule has 0 unspecified atom stereocenters. The zero-order valence-corrected chi connectivity index (χ0v) is 12.8. The summed E-state index contributed by atoms with van der Waals surface area (Å²) in [4.78, 5) is 26.3. The zero-order chi connectivity index (χ0) is 14.8. The Balaban J connectivity index is 2.08. The minimum atomic E-state index is -0.0689. The predicted molar refractivity (Wildman–Crippen MR) is 82.9 cm³/mol. The van der Waals surface area contributed by atoms with Crippen molar-refractivity contribution in [1.82, 2.24) is 9.47 Å². The highest BCUT2D eigenvalue weighted by atomic mass is 16.1. The second-order valence-electron chi connectivity index (χ2n) is 6.28. The molecule has 0 N–H and O–H groups in total. The third kappa shape index (κ3) is 2.69. The van der Waals surface area contributed by atoms with Gasteiger partial charge in [0.05, 0.1) is 5.56 Å². The summed E-state index contributed by atoms with van der Waals surface area (Å²) in [6.45, 7) is 5.04. The number of nitrogens with zero attached hydrogens (tertiary/aromatic N) is 2. The van der Waals surface area contributed by atoms with Crippen LogP contribution < -0.4 is 5.56 Å². The first-order valence-electron chi connectivity index (χ1n) is 8.19. The van der Waals surface area contributed by atoms with E-state index in [9.17, 15) is 9.59 Å². The molecule has 114 valence electrons. The van der Waals surface area contributed by atoms with Crippen LogP contribution in [0.25, 0.3) is 0 Å². The molecule has 0 bridgehead atoms. The maximum absolute atomic E-state index is 12.6. The van der Waals surface area contributed by atoms with Gasteiger partial charge in [-0.15, -0.1) is 0 Å². The number of fused-ring (bicyclic) bond motifs is 1. The van der Waals surface area contributed by atoms with Crippen molar-refractivity contribution in [3.63, 3.8) is 0 Å². The monoisotopic (exact) mass is 288 g/mol. The lowest BCUT2D eigenvalue weighted by atomic mass is 9.93. The molecule has 1 aromatic rings. The number of carbonyl (C=O) groups is 1. The van der Waals surface area contributed by atoms with E-state index in [0.717, 1.165) is 45.2 Å². The summed E-state index contributed by atoms with van der Waals surface area (Å²) in [6.07, 6.45) is 7.46. The highest BCUT2D eigenvalue weighted by molar-refractivity contribution is 5.74. The van der Waals surface area contributed by atoms with Crippen molar-refractivity contribution >= 4 is 6.29 Å². The molecule has 0 radical (unpaired) electrons. The van der Waals surface area contributed by atoms with E-state index < -0.39 is 0 Å². The third-order valence-corrected chi connectivity index (χ3v) is 5.03. The fourth-order valence-electron chi connectivity index (χ4n) is 3.83. The van der Waals surface area contributed by atoms with Gasteiger partial charge in [0.25, 0.3) is 5.56 Å². The number of likely N-dealkylation sites (N-methyl/N-ethyl adjacent to an activating group) is 1. The zero-order valence-electron chi connectivity index (χ0n) is 12.8. The molecular formula is C17H24N2O2. The van der Waals surface area contributed by atoms with Crippen LogP contribution in [0.15, 0.2) is 10.9 Å². The largest absolute Gasteiger partial charge is 0.309 e. The number of aromatic nitrogens is 1. The molecule has 0 aromatic carbocycles. The van der Waals surface area contributed by atoms with Crippen LogP contribution in [0, 0.1) is 0 Å². The third-order valence-electron chi connectivity index (χ3n) is 5.03. The number of hydrogen-bond donors (Lipinski definition) is 0. The van der Waals surface area contributed by atoms with Crippen molar-refractivity contribution in [3.05, 3.63) is 33.2 Å². The Hall–Kier alpha value is -1.42. The number of pyridine rings is 1. The first-order chi connectivity index (χ1) is 10.2. The SMILES string of the molecule is CCN1CCc2c(cc(C=O)c(=O)n2C2CCCCC2)C1. The van der Waals surface area contributed by atoms with Crippen LogP contribution in [0.1, 0.15) is 66.7 Å². The summed E-state index contributed by atoms with van der Waals surface area (Å²) in [6, 6.07) is 2.12. The van der Waals surface area contributed by atoms with E-state index in [4.69, 9.17) is 0 Å². The summed E-state index contributed by atoms with van der Waals surface area (Å²) in [7, 11) is 0. The Labute approximate surface area is 125 Å². The normalized spacial score (nSPS) is 20.2. The summed E-state index contributed by atoms with van der Waals surface area (Å²) in [5.74, 6) is 0. The molecule has 1 saturated carbocycles. The molecule has 2 heterocycles. The van der Waals surface area contributed by atoms with Crippen molar-refractivity contribution in [3.8, 4) is 0 Å². The van der Waals surface area contributed by atoms with Crippen molar-refractivity contribution in [2.24, 2.45) is 0 Å². The Kier molecular flexibility index (Phi) is 4.24. The van der Waals surface area contributed by atoms with Crippen LogP contribution in [-0.2, 0) is 13.0 Å². The highest BCUT2D eigenvalue weighted by Gasteiger charge is 2.25. The van der Waals surface area contributed by atoms with Crippen LogP contribution in [0.2, 0.25) is 0 Å². The molecule has 4 nitrogen and oxygen atoms in total. The van der Waals surface area contributed by atoms with Crippen LogP contribution in [0.3, 0.4) is 0 Å². The molecule has 1 aromatic heterocycles. The van der Waals surface area contributed by atoms with E-state index in [1.807, 2.05) is 10.6 Å². The van der Waals surface area contributed by atoms with Gasteiger partial charge in [-0.3, -0.25) is 14.5 Å². The van der Waals surface area contributed by atoms with Crippen LogP contribution in [-0.4, -0.2) is 28.8 Å². The van der Waals surface area contributed by atoms with Crippen molar-refractivity contribution in [2.75, 3.05) is 13.1 Å². The lowest BCUT2D eigenvalue weighted by Gasteiger charge is -2.33. The van der Waals surface area contributed by atoms with Gasteiger partial charge in [0.15, 0.2) is 6.29 Å². The van der Waals surface area contributed by atoms with Gasteiger partial charge in [0.1, 0.15) is 0 Å². The summed E-state index contributed by atoms with van der Waals surface area (Å²) in [5.41, 5.74) is 2.62. The van der Waals surface area contributed by atoms with Crippen molar-refractivity contribution < 1.29 is 4.79 Å². The van der Waals surface area contributed by atoms with Crippen molar-refractivity contribution in [2.45, 2.75) is 58.0 Å². The number of rotatable bonds is 3. The Bertz CT molecular complexity index is 585. The topological polar surface area (TPSA) is 42.3 Å². The van der Waals surface area contributed by atoms with Gasteiger partial charge in [-0.1, -0.05) is 26.2 Å². The second-order valence-corrected chi connectivity index (χ2v) is 6.28. The van der Waals surface area contributed by atoms with Gasteiger partial charge in [-0.05, 0) is 31.0 Å². The average Bonchev–Trinajstić information content (AvgIpc) is 2.54. The Morgan fingerprint density at radius 2 is 2.05 bits per heavy atom. The van der Waals surface area contributed by atoms with Gasteiger partial charge in [0, 0.05) is 31.2 Å². The molecule has 1 fully saturated rings. The van der Waals surface area contributed by atoms with Crippen LogP contribution in [0.5, 0.6) is 0 Å². The fourth-order valence-corrected chi connectivity index (χ4v) is 3.83. The maximum atomic E-state index is 12.6. The standard InChI is InChI=1S/C17H24N2O2/c1-2-18-9-8-16-13(11-18)10-14(12-20)17(21)19(16)15-6-4-3-5-7-15/h10,12,15H,2-9,11H2,1H3. The fraction of sp³-hybridized carbons (Fsp3) is 0.647. The number of aldehydes is 1. The first-order valence-corrected chi connectivity index (χ1v) is 8.19. The molecule has 3 rings (SSSR count). The smallest absolute Gasteiger partial charge is 0.261 e. The second kappa shape index (κ2) is 6.14. The molecule has 4 heteroatoms. The molecule has 0 spiro atoms. The van der Waals surface area contributed by atoms with E-state index in [1.165, 1.54) is 30.5 Å². The summed E-state index contributed by atoms with van der Waals surface area (Å²) >= 11 is 0. The van der Waals surface area contributed by atoms with Crippen LogP contribution in [0.4, 0.5) is 0 Å². The molecule has 0 saturated heterocycles. The highest BCUT2D eigenvalue weighted by Crippen LogP contribution is 2.30. The molecule has 0 amide bonds. The first kappa shape index (κ1) is 14.5.